The lowest BCUT2D eigenvalue weighted by atomic mass is 9.90. The molecule has 0 bridgehead atoms. The van der Waals surface area contributed by atoms with Gasteiger partial charge >= 0.3 is 15.5 Å². The van der Waals surface area contributed by atoms with Crippen LogP contribution in [0.1, 0.15) is 37.3 Å². The van der Waals surface area contributed by atoms with Crippen LogP contribution in [-0.2, 0) is 16.6 Å². The summed E-state index contributed by atoms with van der Waals surface area (Å²) in [4.78, 5) is 13.8. The molecule has 240 valence electrons. The molecule has 0 radical (unpaired) electrons. The van der Waals surface area contributed by atoms with Crippen LogP contribution in [0.5, 0.6) is 11.5 Å². The molecule has 15 heteroatoms. The van der Waals surface area contributed by atoms with Crippen molar-refractivity contribution in [1.29, 1.82) is 0 Å². The summed E-state index contributed by atoms with van der Waals surface area (Å²) >= 11 is 0. The van der Waals surface area contributed by atoms with Crippen molar-refractivity contribution in [2.45, 2.75) is 49.8 Å². The lowest BCUT2D eigenvalue weighted by Gasteiger charge is -2.41. The molecule has 3 heterocycles. The standard InChI is InChI=1S/C30H35F3N8O3S/c1-39-13-15-40(16-14-39)22-9-11-23(12-10-22)41-29-26(28(34)35-19-36-29)27(38-41)20-6-4-7-24(17-20)44-25-8-3-2-5-21(25)18-37-45(42,43)30(31,32)33/h2-8,17,19,22-23,37H,9-16,18H2,1H3,(H2,34,35,36). The van der Waals surface area contributed by atoms with Crippen LogP contribution in [0.15, 0.2) is 54.9 Å². The zero-order valence-electron chi connectivity index (χ0n) is 24.7. The number of para-hydroxylation sites is 1. The first-order valence-electron chi connectivity index (χ1n) is 14.8. The number of alkyl halides is 3. The maximum atomic E-state index is 12.8. The fourth-order valence-corrected chi connectivity index (χ4v) is 6.65. The first-order chi connectivity index (χ1) is 21.5. The molecule has 4 aromatic rings. The number of aromatic nitrogens is 4. The topological polar surface area (TPSA) is 132 Å². The molecule has 2 fully saturated rings. The van der Waals surface area contributed by atoms with E-state index in [4.69, 9.17) is 15.6 Å². The number of nitrogens with zero attached hydrogens (tertiary/aromatic N) is 6. The largest absolute Gasteiger partial charge is 0.511 e. The molecule has 0 amide bonds. The van der Waals surface area contributed by atoms with E-state index in [1.54, 1.807) is 41.1 Å². The van der Waals surface area contributed by atoms with E-state index in [1.165, 1.54) is 12.4 Å². The van der Waals surface area contributed by atoms with Gasteiger partial charge in [0.05, 0.1) is 11.4 Å². The lowest BCUT2D eigenvalue weighted by Crippen LogP contribution is -2.49. The van der Waals surface area contributed by atoms with Gasteiger partial charge in [-0.05, 0) is 50.9 Å². The van der Waals surface area contributed by atoms with E-state index < -0.39 is 22.1 Å². The van der Waals surface area contributed by atoms with E-state index in [-0.39, 0.29) is 17.4 Å². The van der Waals surface area contributed by atoms with Gasteiger partial charge in [0.15, 0.2) is 5.65 Å². The number of nitrogens with two attached hydrogens (primary N) is 1. The highest BCUT2D eigenvalue weighted by atomic mass is 32.2. The highest BCUT2D eigenvalue weighted by Gasteiger charge is 2.45. The van der Waals surface area contributed by atoms with Gasteiger partial charge in [0, 0.05) is 49.9 Å². The number of nitrogen functional groups attached to an aromatic ring is 1. The molecular weight excluding hydrogens is 609 g/mol. The Morgan fingerprint density at radius 1 is 0.978 bits per heavy atom. The number of sulfonamides is 1. The molecule has 3 N–H and O–H groups in total. The number of hydrogen-bond acceptors (Lipinski definition) is 9. The Kier molecular flexibility index (Phi) is 8.70. The summed E-state index contributed by atoms with van der Waals surface area (Å²) in [5.74, 6) is 0.889. The van der Waals surface area contributed by atoms with Gasteiger partial charge in [-0.2, -0.15) is 18.3 Å². The smallest absolute Gasteiger partial charge is 0.457 e. The van der Waals surface area contributed by atoms with E-state index in [9.17, 15) is 21.6 Å². The summed E-state index contributed by atoms with van der Waals surface area (Å²) in [5.41, 5.74) is 3.13. The number of rotatable bonds is 8. The normalized spacial score (nSPS) is 20.4. The van der Waals surface area contributed by atoms with Crippen molar-refractivity contribution >= 4 is 26.9 Å². The van der Waals surface area contributed by atoms with Crippen LogP contribution < -0.4 is 15.2 Å². The third-order valence-corrected chi connectivity index (χ3v) is 9.78. The summed E-state index contributed by atoms with van der Waals surface area (Å²) in [5, 5.41) is 5.65. The minimum absolute atomic E-state index is 0.158. The fourth-order valence-electron chi connectivity index (χ4n) is 6.14. The molecule has 1 aliphatic heterocycles. The Bertz CT molecular complexity index is 1770. The first-order valence-corrected chi connectivity index (χ1v) is 16.3. The van der Waals surface area contributed by atoms with Gasteiger partial charge in [0.2, 0.25) is 0 Å². The average molecular weight is 645 g/mol. The Hall–Kier alpha value is -3.79. The summed E-state index contributed by atoms with van der Waals surface area (Å²) in [7, 11) is -3.35. The molecule has 1 saturated carbocycles. The van der Waals surface area contributed by atoms with Gasteiger partial charge in [-0.15, -0.1) is 0 Å². The van der Waals surface area contributed by atoms with E-state index in [0.717, 1.165) is 51.9 Å². The van der Waals surface area contributed by atoms with Crippen molar-refractivity contribution < 1.29 is 26.3 Å². The van der Waals surface area contributed by atoms with Gasteiger partial charge in [0.1, 0.15) is 29.3 Å². The van der Waals surface area contributed by atoms with Crippen LogP contribution in [0.3, 0.4) is 0 Å². The van der Waals surface area contributed by atoms with E-state index >= 15 is 0 Å². The van der Waals surface area contributed by atoms with Crippen LogP contribution in [0, 0.1) is 0 Å². The zero-order chi connectivity index (χ0) is 31.8. The average Bonchev–Trinajstić information content (AvgIpc) is 3.42. The van der Waals surface area contributed by atoms with E-state index in [2.05, 4.69) is 26.8 Å². The second kappa shape index (κ2) is 12.5. The molecule has 6 rings (SSSR count). The summed E-state index contributed by atoms with van der Waals surface area (Å²) < 4.78 is 71.2. The predicted molar refractivity (Wildman–Crippen MR) is 164 cm³/mol. The number of ether oxygens (including phenoxy) is 1. The molecule has 45 heavy (non-hydrogen) atoms. The van der Waals surface area contributed by atoms with Crippen LogP contribution in [0.4, 0.5) is 19.0 Å². The highest BCUT2D eigenvalue weighted by molar-refractivity contribution is 7.90. The van der Waals surface area contributed by atoms with Gasteiger partial charge in [0.25, 0.3) is 0 Å². The zero-order valence-corrected chi connectivity index (χ0v) is 25.6. The quantitative estimate of drug-likeness (QED) is 0.284. The number of anilines is 1. The van der Waals surface area contributed by atoms with Crippen molar-refractivity contribution in [3.63, 3.8) is 0 Å². The molecular formula is C30H35F3N8O3S. The molecule has 1 saturated heterocycles. The van der Waals surface area contributed by atoms with Gasteiger partial charge in [-0.25, -0.2) is 27.8 Å². The Morgan fingerprint density at radius 3 is 2.42 bits per heavy atom. The summed E-state index contributed by atoms with van der Waals surface area (Å²) in [6.07, 6.45) is 5.53. The molecule has 11 nitrogen and oxygen atoms in total. The van der Waals surface area contributed by atoms with E-state index in [1.807, 2.05) is 10.7 Å². The minimum Gasteiger partial charge on any atom is -0.457 e. The number of halogens is 3. The maximum Gasteiger partial charge on any atom is 0.511 e. The fraction of sp³-hybridized carbons (Fsp3) is 0.433. The molecule has 1 aliphatic carbocycles. The monoisotopic (exact) mass is 644 g/mol. The third kappa shape index (κ3) is 6.61. The second-order valence-corrected chi connectivity index (χ2v) is 13.3. The Morgan fingerprint density at radius 2 is 1.69 bits per heavy atom. The van der Waals surface area contributed by atoms with E-state index in [0.29, 0.717) is 39.9 Å². The summed E-state index contributed by atoms with van der Waals surface area (Å²) in [6.45, 7) is 3.77. The van der Waals surface area contributed by atoms with Crippen molar-refractivity contribution in [3.8, 4) is 22.8 Å². The molecule has 2 aromatic heterocycles. The molecule has 0 spiro atoms. The number of likely N-dealkylation sites (N-methyl/N-ethyl adjacent to an activating group) is 1. The van der Waals surface area contributed by atoms with Crippen LogP contribution in [0.2, 0.25) is 0 Å². The number of piperazine rings is 1. The lowest BCUT2D eigenvalue weighted by molar-refractivity contribution is -0.0448. The van der Waals surface area contributed by atoms with Crippen LogP contribution >= 0.6 is 0 Å². The maximum absolute atomic E-state index is 12.8. The molecule has 0 unspecified atom stereocenters. The SMILES string of the molecule is CN1CCN(C2CCC(n3nc(-c4cccc(Oc5ccccc5CNS(=O)(=O)C(F)(F)F)c4)c4c(N)ncnc43)CC2)CC1. The Labute approximate surface area is 259 Å². The van der Waals surface area contributed by atoms with Crippen molar-refractivity contribution in [3.05, 3.63) is 60.4 Å². The number of nitrogens with one attached hydrogen (secondary N) is 1. The minimum atomic E-state index is -5.52. The highest BCUT2D eigenvalue weighted by Crippen LogP contribution is 2.38. The number of fused-ring (bicyclic) bond motifs is 1. The van der Waals surface area contributed by atoms with Gasteiger partial charge in [-0.3, -0.25) is 4.90 Å². The van der Waals surface area contributed by atoms with Crippen molar-refractivity contribution in [2.75, 3.05) is 39.0 Å². The van der Waals surface area contributed by atoms with Gasteiger partial charge in [-0.1, -0.05) is 30.3 Å². The van der Waals surface area contributed by atoms with Crippen molar-refractivity contribution in [2.24, 2.45) is 0 Å². The Balaban J connectivity index is 1.24. The van der Waals surface area contributed by atoms with Gasteiger partial charge < -0.3 is 15.4 Å². The third-order valence-electron chi connectivity index (χ3n) is 8.65. The first kappa shape index (κ1) is 31.2. The number of benzene rings is 2. The molecule has 2 aliphatic rings. The number of hydrogen-bond donors (Lipinski definition) is 2. The summed E-state index contributed by atoms with van der Waals surface area (Å²) in [6, 6.07) is 14.1. The van der Waals surface area contributed by atoms with Crippen LogP contribution in [-0.4, -0.2) is 82.7 Å². The van der Waals surface area contributed by atoms with Crippen molar-refractivity contribution in [1.82, 2.24) is 34.3 Å². The second-order valence-electron chi connectivity index (χ2n) is 11.6. The predicted octanol–water partition coefficient (Wildman–Crippen LogP) is 4.54. The van der Waals surface area contributed by atoms with Crippen LogP contribution in [0.25, 0.3) is 22.3 Å². The molecule has 0 atom stereocenters. The molecule has 2 aromatic carbocycles.